The summed E-state index contributed by atoms with van der Waals surface area (Å²) in [6.07, 6.45) is 0. The van der Waals surface area contributed by atoms with Gasteiger partial charge in [0.1, 0.15) is 0 Å². The molecule has 0 radical (unpaired) electrons. The molecular formula is C10H19NO. The van der Waals surface area contributed by atoms with Crippen LogP contribution in [0.4, 0.5) is 0 Å². The Morgan fingerprint density at radius 1 is 1.25 bits per heavy atom. The SMILES string of the molecule is CC1NC(=O)C(C)C(C)(C)C1C. The summed E-state index contributed by atoms with van der Waals surface area (Å²) in [5, 5.41) is 3.00. The van der Waals surface area contributed by atoms with Gasteiger partial charge >= 0.3 is 0 Å². The van der Waals surface area contributed by atoms with Crippen molar-refractivity contribution in [3.8, 4) is 0 Å². The quantitative estimate of drug-likeness (QED) is 0.588. The zero-order chi connectivity index (χ0) is 9.52. The number of hydrogen-bond donors (Lipinski definition) is 1. The molecule has 0 aliphatic carbocycles. The molecule has 0 aromatic carbocycles. The van der Waals surface area contributed by atoms with Crippen LogP contribution in [0.5, 0.6) is 0 Å². The Labute approximate surface area is 74.7 Å². The molecule has 0 aromatic rings. The smallest absolute Gasteiger partial charge is 0.223 e. The summed E-state index contributed by atoms with van der Waals surface area (Å²) in [6.45, 7) is 10.7. The molecule has 1 rings (SSSR count). The lowest BCUT2D eigenvalue weighted by Crippen LogP contribution is -2.55. The number of hydrogen-bond acceptors (Lipinski definition) is 1. The normalized spacial score (nSPS) is 40.8. The Bertz CT molecular complexity index is 198. The summed E-state index contributed by atoms with van der Waals surface area (Å²) in [5.41, 5.74) is 0.127. The molecule has 1 saturated heterocycles. The Balaban J connectivity index is 2.89. The van der Waals surface area contributed by atoms with Crippen molar-refractivity contribution in [3.63, 3.8) is 0 Å². The van der Waals surface area contributed by atoms with Gasteiger partial charge in [-0.25, -0.2) is 0 Å². The minimum absolute atomic E-state index is 0.127. The Kier molecular flexibility index (Phi) is 2.19. The molecule has 1 heterocycles. The average Bonchev–Trinajstić information content (AvgIpc) is 1.99. The van der Waals surface area contributed by atoms with Crippen molar-refractivity contribution in [2.75, 3.05) is 0 Å². The highest BCUT2D eigenvalue weighted by atomic mass is 16.2. The van der Waals surface area contributed by atoms with Crippen LogP contribution in [0.15, 0.2) is 0 Å². The minimum Gasteiger partial charge on any atom is -0.353 e. The number of piperidine rings is 1. The topological polar surface area (TPSA) is 29.1 Å². The van der Waals surface area contributed by atoms with Gasteiger partial charge < -0.3 is 5.32 Å². The van der Waals surface area contributed by atoms with Crippen molar-refractivity contribution in [1.82, 2.24) is 5.32 Å². The molecule has 0 aromatic heterocycles. The first-order chi connectivity index (χ1) is 5.37. The van der Waals surface area contributed by atoms with E-state index < -0.39 is 0 Å². The summed E-state index contributed by atoms with van der Waals surface area (Å²) in [6, 6.07) is 0.309. The van der Waals surface area contributed by atoms with E-state index in [1.807, 2.05) is 6.92 Å². The second kappa shape index (κ2) is 2.75. The van der Waals surface area contributed by atoms with Gasteiger partial charge in [0.15, 0.2) is 0 Å². The van der Waals surface area contributed by atoms with Crippen LogP contribution in [0.3, 0.4) is 0 Å². The summed E-state index contributed by atoms with van der Waals surface area (Å²) in [5.74, 6) is 0.875. The molecule has 0 saturated carbocycles. The molecule has 1 aliphatic rings. The van der Waals surface area contributed by atoms with E-state index in [2.05, 4.69) is 33.0 Å². The molecule has 1 N–H and O–H groups in total. The molecule has 70 valence electrons. The fraction of sp³-hybridized carbons (Fsp3) is 0.900. The van der Waals surface area contributed by atoms with Crippen molar-refractivity contribution in [3.05, 3.63) is 0 Å². The second-order valence-corrected chi connectivity index (χ2v) is 4.63. The summed E-state index contributed by atoms with van der Waals surface area (Å²) < 4.78 is 0. The number of amides is 1. The fourth-order valence-corrected chi connectivity index (χ4v) is 1.85. The molecule has 3 unspecified atom stereocenters. The molecule has 0 bridgehead atoms. The number of carbonyl (C=O) groups is 1. The highest BCUT2D eigenvalue weighted by Crippen LogP contribution is 2.39. The van der Waals surface area contributed by atoms with E-state index in [0.717, 1.165) is 0 Å². The Morgan fingerprint density at radius 2 is 1.75 bits per heavy atom. The van der Waals surface area contributed by atoms with E-state index >= 15 is 0 Å². The van der Waals surface area contributed by atoms with Gasteiger partial charge in [-0.05, 0) is 18.3 Å². The third-order valence-corrected chi connectivity index (χ3v) is 3.80. The van der Waals surface area contributed by atoms with Crippen molar-refractivity contribution >= 4 is 5.91 Å². The maximum absolute atomic E-state index is 11.5. The Morgan fingerprint density at radius 3 is 2.25 bits per heavy atom. The summed E-state index contributed by atoms with van der Waals surface area (Å²) in [7, 11) is 0. The van der Waals surface area contributed by atoms with Crippen LogP contribution in [0.2, 0.25) is 0 Å². The van der Waals surface area contributed by atoms with Gasteiger partial charge in [-0.15, -0.1) is 0 Å². The number of rotatable bonds is 0. The van der Waals surface area contributed by atoms with Crippen LogP contribution in [0.1, 0.15) is 34.6 Å². The third kappa shape index (κ3) is 1.23. The monoisotopic (exact) mass is 169 g/mol. The first-order valence-electron chi connectivity index (χ1n) is 4.67. The highest BCUT2D eigenvalue weighted by molar-refractivity contribution is 5.80. The van der Waals surface area contributed by atoms with Crippen LogP contribution >= 0.6 is 0 Å². The summed E-state index contributed by atoms with van der Waals surface area (Å²) in [4.78, 5) is 11.5. The lowest BCUT2D eigenvalue weighted by Gasteiger charge is -2.45. The van der Waals surface area contributed by atoms with Gasteiger partial charge in [-0.1, -0.05) is 27.7 Å². The summed E-state index contributed by atoms with van der Waals surface area (Å²) >= 11 is 0. The van der Waals surface area contributed by atoms with Crippen molar-refractivity contribution in [1.29, 1.82) is 0 Å². The molecule has 1 aliphatic heterocycles. The van der Waals surface area contributed by atoms with E-state index in [-0.39, 0.29) is 17.2 Å². The van der Waals surface area contributed by atoms with Crippen LogP contribution in [0, 0.1) is 17.3 Å². The van der Waals surface area contributed by atoms with Gasteiger partial charge in [-0.3, -0.25) is 4.79 Å². The zero-order valence-corrected chi connectivity index (χ0v) is 8.64. The van der Waals surface area contributed by atoms with E-state index in [9.17, 15) is 4.79 Å². The van der Waals surface area contributed by atoms with Gasteiger partial charge in [0.25, 0.3) is 0 Å². The molecule has 1 fully saturated rings. The van der Waals surface area contributed by atoms with Crippen molar-refractivity contribution < 1.29 is 4.79 Å². The van der Waals surface area contributed by atoms with E-state index in [1.54, 1.807) is 0 Å². The lowest BCUT2D eigenvalue weighted by atomic mass is 9.65. The first-order valence-corrected chi connectivity index (χ1v) is 4.67. The van der Waals surface area contributed by atoms with Crippen LogP contribution in [0.25, 0.3) is 0 Å². The second-order valence-electron chi connectivity index (χ2n) is 4.63. The van der Waals surface area contributed by atoms with Gasteiger partial charge in [0.05, 0.1) is 0 Å². The standard InChI is InChI=1S/C10H19NO/c1-6-8(3)11-9(12)7(2)10(6,4)5/h6-8H,1-5H3,(H,11,12). The molecule has 2 nitrogen and oxygen atoms in total. The van der Waals surface area contributed by atoms with Gasteiger partial charge in [0, 0.05) is 12.0 Å². The number of carbonyl (C=O) groups excluding carboxylic acids is 1. The van der Waals surface area contributed by atoms with Crippen LogP contribution < -0.4 is 5.32 Å². The largest absolute Gasteiger partial charge is 0.353 e. The van der Waals surface area contributed by atoms with E-state index in [1.165, 1.54) is 0 Å². The molecule has 2 heteroatoms. The molecule has 0 spiro atoms. The fourth-order valence-electron chi connectivity index (χ4n) is 1.85. The Hall–Kier alpha value is -0.530. The predicted molar refractivity (Wildman–Crippen MR) is 49.7 cm³/mol. The van der Waals surface area contributed by atoms with Gasteiger partial charge in [0.2, 0.25) is 5.91 Å². The van der Waals surface area contributed by atoms with E-state index in [0.29, 0.717) is 12.0 Å². The minimum atomic E-state index is 0.127. The predicted octanol–water partition coefficient (Wildman–Crippen LogP) is 1.80. The van der Waals surface area contributed by atoms with Crippen molar-refractivity contribution in [2.24, 2.45) is 17.3 Å². The zero-order valence-electron chi connectivity index (χ0n) is 8.64. The van der Waals surface area contributed by atoms with Gasteiger partial charge in [-0.2, -0.15) is 0 Å². The molecule has 3 atom stereocenters. The van der Waals surface area contributed by atoms with Crippen LogP contribution in [-0.4, -0.2) is 11.9 Å². The molecule has 12 heavy (non-hydrogen) atoms. The molecule has 1 amide bonds. The van der Waals surface area contributed by atoms with Crippen LogP contribution in [-0.2, 0) is 4.79 Å². The number of nitrogens with one attached hydrogen (secondary N) is 1. The lowest BCUT2D eigenvalue weighted by molar-refractivity contribution is -0.135. The highest BCUT2D eigenvalue weighted by Gasteiger charge is 2.43. The first kappa shape index (κ1) is 9.56. The van der Waals surface area contributed by atoms with E-state index in [4.69, 9.17) is 0 Å². The third-order valence-electron chi connectivity index (χ3n) is 3.80. The average molecular weight is 169 g/mol. The molecular weight excluding hydrogens is 150 g/mol. The maximum atomic E-state index is 11.5. The maximum Gasteiger partial charge on any atom is 0.223 e. The van der Waals surface area contributed by atoms with Crippen molar-refractivity contribution in [2.45, 2.75) is 40.7 Å².